The molecule has 0 saturated carbocycles. The molecule has 0 radical (unpaired) electrons. The normalized spacial score (nSPS) is 13.2. The molecule has 0 bridgehead atoms. The predicted molar refractivity (Wildman–Crippen MR) is 81.3 cm³/mol. The summed E-state index contributed by atoms with van der Waals surface area (Å²) in [5.41, 5.74) is 3.19. The van der Waals surface area contributed by atoms with Crippen molar-refractivity contribution in [3.63, 3.8) is 0 Å². The molecule has 0 aliphatic rings. The van der Waals surface area contributed by atoms with E-state index in [4.69, 9.17) is 0 Å². The first-order valence-electron chi connectivity index (χ1n) is 7.03. The van der Waals surface area contributed by atoms with Crippen LogP contribution in [-0.2, 0) is 4.79 Å². The second kappa shape index (κ2) is 6.20. The number of quaternary nitrogens is 1. The average Bonchev–Trinajstić information content (AvgIpc) is 2.34. The fourth-order valence-corrected chi connectivity index (χ4v) is 2.44. The van der Waals surface area contributed by atoms with Crippen molar-refractivity contribution in [2.45, 2.75) is 40.2 Å². The molecule has 1 unspecified atom stereocenters. The molecule has 3 nitrogen and oxygen atoms in total. The van der Waals surface area contributed by atoms with Gasteiger partial charge in [-0.2, -0.15) is 0 Å². The lowest BCUT2D eigenvalue weighted by atomic mass is 10.1. The van der Waals surface area contributed by atoms with Crippen LogP contribution in [0, 0.1) is 13.8 Å². The number of amides is 1. The highest BCUT2D eigenvalue weighted by molar-refractivity contribution is 5.95. The summed E-state index contributed by atoms with van der Waals surface area (Å²) in [6.45, 7) is 9.20. The Balaban J connectivity index is 2.96. The van der Waals surface area contributed by atoms with Gasteiger partial charge in [0, 0.05) is 12.1 Å². The molecule has 0 aliphatic heterocycles. The summed E-state index contributed by atoms with van der Waals surface area (Å²) in [5, 5.41) is 3.12. The number of benzene rings is 1. The van der Waals surface area contributed by atoms with Crippen LogP contribution < -0.4 is 5.32 Å². The van der Waals surface area contributed by atoms with Crippen LogP contribution in [0.15, 0.2) is 18.2 Å². The van der Waals surface area contributed by atoms with E-state index in [0.29, 0.717) is 4.48 Å². The van der Waals surface area contributed by atoms with E-state index in [0.717, 1.165) is 29.8 Å². The topological polar surface area (TPSA) is 29.1 Å². The molecule has 3 heteroatoms. The van der Waals surface area contributed by atoms with Crippen molar-refractivity contribution in [2.75, 3.05) is 26.0 Å². The first-order valence-corrected chi connectivity index (χ1v) is 7.03. The van der Waals surface area contributed by atoms with E-state index in [1.807, 2.05) is 32.0 Å². The van der Waals surface area contributed by atoms with E-state index in [9.17, 15) is 4.79 Å². The Morgan fingerprint density at radius 1 is 1.21 bits per heavy atom. The lowest BCUT2D eigenvalue weighted by Gasteiger charge is -2.35. The van der Waals surface area contributed by atoms with E-state index in [-0.39, 0.29) is 11.9 Å². The molecule has 0 saturated heterocycles. The van der Waals surface area contributed by atoms with E-state index >= 15 is 0 Å². The molecule has 1 aromatic rings. The molecule has 0 heterocycles. The lowest BCUT2D eigenvalue weighted by Crippen LogP contribution is -2.54. The van der Waals surface area contributed by atoms with Crippen LogP contribution in [0.25, 0.3) is 0 Å². The Morgan fingerprint density at radius 2 is 1.74 bits per heavy atom. The molecule has 1 atom stereocenters. The Kier molecular flexibility index (Phi) is 5.12. The van der Waals surface area contributed by atoms with Crippen LogP contribution in [-0.4, -0.2) is 37.1 Å². The fraction of sp³-hybridized carbons (Fsp3) is 0.562. The molecular weight excluding hydrogens is 236 g/mol. The lowest BCUT2D eigenvalue weighted by molar-refractivity contribution is -0.904. The maximum atomic E-state index is 12.5. The molecule has 19 heavy (non-hydrogen) atoms. The second-order valence-electron chi connectivity index (χ2n) is 5.77. The predicted octanol–water partition coefficient (Wildman–Crippen LogP) is 3.12. The smallest absolute Gasteiger partial charge is 0.282 e. The zero-order valence-electron chi connectivity index (χ0n) is 13.1. The highest BCUT2D eigenvalue weighted by Gasteiger charge is 2.32. The molecule has 1 aromatic carbocycles. The maximum absolute atomic E-state index is 12.5. The van der Waals surface area contributed by atoms with Crippen molar-refractivity contribution in [1.29, 1.82) is 0 Å². The first kappa shape index (κ1) is 15.7. The standard InChI is InChI=1S/C16H26N2O/c1-7-14(18(5,6)8-2)16(19)17-15-12(3)10-9-11-13(15)4/h9-11,14H,7-8H2,1-6H3/p+1. The summed E-state index contributed by atoms with van der Waals surface area (Å²) >= 11 is 0. The number of carbonyl (C=O) groups excluding carboxylic acids is 1. The number of para-hydroxylation sites is 1. The van der Waals surface area contributed by atoms with E-state index in [2.05, 4.69) is 33.3 Å². The van der Waals surface area contributed by atoms with Crippen LogP contribution in [0.4, 0.5) is 5.69 Å². The minimum atomic E-state index is -0.0102. The molecule has 1 amide bonds. The van der Waals surface area contributed by atoms with Crippen LogP contribution >= 0.6 is 0 Å². The number of hydrogen-bond donors (Lipinski definition) is 1. The number of hydrogen-bond acceptors (Lipinski definition) is 1. The number of nitrogens with zero attached hydrogens (tertiary/aromatic N) is 1. The van der Waals surface area contributed by atoms with Crippen molar-refractivity contribution in [2.24, 2.45) is 0 Å². The van der Waals surface area contributed by atoms with E-state index in [1.165, 1.54) is 0 Å². The van der Waals surface area contributed by atoms with Gasteiger partial charge in [-0.05, 0) is 31.9 Å². The molecule has 1 N–H and O–H groups in total. The number of aryl methyl sites for hydroxylation is 2. The number of likely N-dealkylation sites (N-methyl/N-ethyl adjacent to an activating group) is 1. The van der Waals surface area contributed by atoms with Gasteiger partial charge in [0.25, 0.3) is 5.91 Å². The van der Waals surface area contributed by atoms with Gasteiger partial charge in [-0.25, -0.2) is 0 Å². The third-order valence-electron chi connectivity index (χ3n) is 4.08. The Morgan fingerprint density at radius 3 is 2.16 bits per heavy atom. The van der Waals surface area contributed by atoms with Crippen LogP contribution in [0.1, 0.15) is 31.4 Å². The first-order chi connectivity index (χ1) is 8.83. The minimum absolute atomic E-state index is 0.0102. The van der Waals surface area contributed by atoms with E-state index in [1.54, 1.807) is 0 Å². The molecule has 106 valence electrons. The van der Waals surface area contributed by atoms with Crippen LogP contribution in [0.3, 0.4) is 0 Å². The zero-order chi connectivity index (χ0) is 14.6. The Bertz CT molecular complexity index is 432. The van der Waals surface area contributed by atoms with Crippen molar-refractivity contribution in [1.82, 2.24) is 0 Å². The Hall–Kier alpha value is -1.35. The van der Waals surface area contributed by atoms with Gasteiger partial charge in [-0.1, -0.05) is 25.1 Å². The van der Waals surface area contributed by atoms with Crippen molar-refractivity contribution >= 4 is 11.6 Å². The van der Waals surface area contributed by atoms with Crippen molar-refractivity contribution in [3.05, 3.63) is 29.3 Å². The van der Waals surface area contributed by atoms with Gasteiger partial charge >= 0.3 is 0 Å². The molecule has 0 aromatic heterocycles. The summed E-state index contributed by atoms with van der Waals surface area (Å²) in [5.74, 6) is 0.117. The summed E-state index contributed by atoms with van der Waals surface area (Å²) in [4.78, 5) is 12.5. The average molecular weight is 263 g/mol. The zero-order valence-corrected chi connectivity index (χ0v) is 13.1. The summed E-state index contributed by atoms with van der Waals surface area (Å²) in [6.07, 6.45) is 0.845. The van der Waals surface area contributed by atoms with Crippen molar-refractivity contribution in [3.8, 4) is 0 Å². The number of anilines is 1. The van der Waals surface area contributed by atoms with Gasteiger partial charge in [0.1, 0.15) is 0 Å². The van der Waals surface area contributed by atoms with Crippen molar-refractivity contribution < 1.29 is 9.28 Å². The molecule has 1 rings (SSSR count). The van der Waals surface area contributed by atoms with Gasteiger partial charge in [0.05, 0.1) is 20.6 Å². The van der Waals surface area contributed by atoms with Gasteiger partial charge < -0.3 is 9.80 Å². The Labute approximate surface area is 117 Å². The van der Waals surface area contributed by atoms with Gasteiger partial charge in [-0.15, -0.1) is 0 Å². The van der Waals surface area contributed by atoms with Gasteiger partial charge in [0.2, 0.25) is 0 Å². The van der Waals surface area contributed by atoms with Crippen LogP contribution in [0.5, 0.6) is 0 Å². The fourth-order valence-electron chi connectivity index (χ4n) is 2.44. The third-order valence-corrected chi connectivity index (χ3v) is 4.08. The summed E-state index contributed by atoms with van der Waals surface area (Å²) in [6, 6.07) is 6.07. The third kappa shape index (κ3) is 3.57. The summed E-state index contributed by atoms with van der Waals surface area (Å²) < 4.78 is 0.716. The number of carbonyl (C=O) groups is 1. The van der Waals surface area contributed by atoms with E-state index < -0.39 is 0 Å². The summed E-state index contributed by atoms with van der Waals surface area (Å²) in [7, 11) is 4.22. The highest BCUT2D eigenvalue weighted by Crippen LogP contribution is 2.21. The molecule has 0 fully saturated rings. The van der Waals surface area contributed by atoms with Crippen LogP contribution in [0.2, 0.25) is 0 Å². The molecular formula is C16H27N2O+. The minimum Gasteiger partial charge on any atom is -0.320 e. The maximum Gasteiger partial charge on any atom is 0.282 e. The monoisotopic (exact) mass is 263 g/mol. The quantitative estimate of drug-likeness (QED) is 0.813. The SMILES string of the molecule is CCC(C(=O)Nc1c(C)cccc1C)[N+](C)(C)CC. The van der Waals surface area contributed by atoms with Gasteiger partial charge in [-0.3, -0.25) is 4.79 Å². The largest absolute Gasteiger partial charge is 0.320 e. The molecule has 0 aliphatic carbocycles. The number of nitrogens with one attached hydrogen (secondary N) is 1. The highest BCUT2D eigenvalue weighted by atomic mass is 16.2. The van der Waals surface area contributed by atoms with Gasteiger partial charge in [0.15, 0.2) is 6.04 Å². The second-order valence-corrected chi connectivity index (χ2v) is 5.77. The number of rotatable bonds is 5. The molecule has 0 spiro atoms.